The lowest BCUT2D eigenvalue weighted by Crippen LogP contribution is -2.63. The molecule has 0 bridgehead atoms. The number of ether oxygens (including phenoxy) is 6. The van der Waals surface area contributed by atoms with Crippen LogP contribution in [0.4, 0.5) is 15.3 Å². The summed E-state index contributed by atoms with van der Waals surface area (Å²) in [6, 6.07) is 2.31. The van der Waals surface area contributed by atoms with Gasteiger partial charge in [-0.15, -0.1) is 0 Å². The molecule has 27 heteroatoms. The van der Waals surface area contributed by atoms with E-state index in [1.807, 2.05) is 19.9 Å². The number of benzene rings is 1. The molecule has 8 rings (SSSR count). The second-order valence-electron chi connectivity index (χ2n) is 26.7. The van der Waals surface area contributed by atoms with Crippen LogP contribution in [-0.2, 0) is 63.8 Å². The minimum absolute atomic E-state index is 0.00717. The fourth-order valence-corrected chi connectivity index (χ4v) is 15.2. The molecule has 16 atom stereocenters. The van der Waals surface area contributed by atoms with Crippen LogP contribution in [0.25, 0.3) is 0 Å². The monoisotopic (exact) mass is 1300 g/mol. The normalized spacial score (nSPS) is 31.6. The number of unbranched alkanes of at least 4 members (excludes halogenated alkanes) is 1. The second kappa shape index (κ2) is 32.6. The molecule has 1 aromatic rings. The van der Waals surface area contributed by atoms with Crippen LogP contribution in [-0.4, -0.2) is 174 Å². The summed E-state index contributed by atoms with van der Waals surface area (Å²) >= 11 is 0. The number of nitrogens with two attached hydrogens (primary N) is 3. The van der Waals surface area contributed by atoms with E-state index >= 15 is 0 Å². The Labute approximate surface area is 543 Å². The summed E-state index contributed by atoms with van der Waals surface area (Å²) in [4.78, 5) is 111. The highest BCUT2D eigenvalue weighted by Gasteiger charge is 2.76. The molecule has 27 nitrogen and oxygen atoms in total. The number of fused-ring (bicyclic) bond motifs is 7. The number of Topliss-reactive ketones (excluding diaryl/α,β-unsaturated/α-hetero) is 1. The maximum absolute atomic E-state index is 14.7. The minimum Gasteiger partial charge on any atom is -0.429 e. The highest BCUT2D eigenvalue weighted by molar-refractivity contribution is 6.44. The van der Waals surface area contributed by atoms with Gasteiger partial charge in [0.1, 0.15) is 43.2 Å². The van der Waals surface area contributed by atoms with Crippen molar-refractivity contribution in [3.8, 4) is 0 Å². The number of urea groups is 1. The van der Waals surface area contributed by atoms with Crippen molar-refractivity contribution in [3.05, 3.63) is 53.6 Å². The molecule has 6 fully saturated rings. The van der Waals surface area contributed by atoms with Crippen molar-refractivity contribution in [1.82, 2.24) is 21.3 Å². The number of hydrogen-bond acceptors (Lipinski definition) is 21. The smallest absolute Gasteiger partial charge is 0.429 e. The van der Waals surface area contributed by atoms with E-state index in [1.165, 1.54) is 0 Å². The van der Waals surface area contributed by atoms with Gasteiger partial charge < -0.3 is 87.6 Å². The van der Waals surface area contributed by atoms with Crippen LogP contribution in [0.2, 0.25) is 0 Å². The molecule has 7 aliphatic rings. The summed E-state index contributed by atoms with van der Waals surface area (Å²) < 4.78 is 35.9. The molecule has 2 aliphatic heterocycles. The van der Waals surface area contributed by atoms with Gasteiger partial charge in [-0.2, -0.15) is 5.10 Å². The quantitative estimate of drug-likeness (QED) is 0.0247. The number of rotatable bonds is 28. The van der Waals surface area contributed by atoms with Gasteiger partial charge >= 0.3 is 12.2 Å². The Morgan fingerprint density at radius 3 is 2.33 bits per heavy atom. The van der Waals surface area contributed by atoms with E-state index in [0.29, 0.717) is 80.5 Å². The van der Waals surface area contributed by atoms with Gasteiger partial charge in [0.15, 0.2) is 30.5 Å². The van der Waals surface area contributed by atoms with Gasteiger partial charge in [-0.05, 0) is 144 Å². The molecule has 0 radical (unpaired) electrons. The Kier molecular flexibility index (Phi) is 25.3. The number of carbonyl (C=O) groups is 8. The Hall–Kier alpha value is -6.72. The van der Waals surface area contributed by atoms with Crippen molar-refractivity contribution in [2.45, 2.75) is 224 Å². The third-order valence-electron chi connectivity index (χ3n) is 20.0. The highest BCUT2D eigenvalue weighted by Crippen LogP contribution is 2.70. The van der Waals surface area contributed by atoms with Crippen LogP contribution >= 0.6 is 0 Å². The molecule has 4 unspecified atom stereocenters. The summed E-state index contributed by atoms with van der Waals surface area (Å²) in [5.74, 6) is 2.40. The van der Waals surface area contributed by atoms with Gasteiger partial charge in [0.2, 0.25) is 29.4 Å². The van der Waals surface area contributed by atoms with Crippen molar-refractivity contribution in [1.29, 1.82) is 0 Å². The van der Waals surface area contributed by atoms with Crippen molar-refractivity contribution >= 4 is 64.5 Å². The van der Waals surface area contributed by atoms with Gasteiger partial charge in [0, 0.05) is 35.5 Å². The number of nitrogens with one attached hydrogen (secondary N) is 5. The van der Waals surface area contributed by atoms with E-state index in [2.05, 4.69) is 43.6 Å². The average Bonchev–Trinajstić information content (AvgIpc) is 1.55. The lowest BCUT2D eigenvalue weighted by Gasteiger charge is -2.59. The lowest BCUT2D eigenvalue weighted by molar-refractivity contribution is -0.200. The number of hydrazone groups is 1. The van der Waals surface area contributed by atoms with Crippen molar-refractivity contribution in [3.63, 3.8) is 0 Å². The van der Waals surface area contributed by atoms with E-state index in [9.17, 15) is 53.7 Å². The first-order chi connectivity index (χ1) is 44.4. The molecular formula is C66H98N10O17. The number of primary amides is 1. The summed E-state index contributed by atoms with van der Waals surface area (Å²) in [5, 5.41) is 49.8. The molecule has 514 valence electrons. The van der Waals surface area contributed by atoms with Crippen molar-refractivity contribution in [2.24, 2.45) is 61.9 Å². The van der Waals surface area contributed by atoms with Crippen LogP contribution in [0, 0.1) is 34.5 Å². The van der Waals surface area contributed by atoms with Crippen LogP contribution in [0.5, 0.6) is 0 Å². The van der Waals surface area contributed by atoms with Crippen molar-refractivity contribution < 1.29 is 82.1 Å². The number of ketones is 2. The average molecular weight is 1300 g/mol. The van der Waals surface area contributed by atoms with E-state index in [0.717, 1.165) is 37.7 Å². The first kappa shape index (κ1) is 72.1. The van der Waals surface area contributed by atoms with E-state index in [-0.39, 0.29) is 88.0 Å². The fraction of sp³-hybridized carbons (Fsp3) is 0.697. The number of nitrogens with zero attached hydrogens (tertiary/aromatic N) is 2. The fourth-order valence-electron chi connectivity index (χ4n) is 15.2. The zero-order valence-electron chi connectivity index (χ0n) is 54.3. The lowest BCUT2D eigenvalue weighted by atomic mass is 9.46. The molecule has 93 heavy (non-hydrogen) atoms. The predicted octanol–water partition coefficient (Wildman–Crippen LogP) is 3.67. The zero-order chi connectivity index (χ0) is 67.2. The Morgan fingerprint density at radius 1 is 0.849 bits per heavy atom. The van der Waals surface area contributed by atoms with E-state index in [4.69, 9.17) is 45.7 Å². The standard InChI is InChI=1S/C66H98N10O17/c1-6-13-54-92-52-31-44-43-24-20-39-30-41(78)26-27-64(39,4)55(43)49(80)32-65(44,5)66(52,93-54)51(81)35-90-63(87)89-34-38-18-21-40(22-19-38)72-59(84)47(16-12-29-71-62(68)86)73-60(85)56(37(2)3)75-58(83)45(67)14-10-11-28-70-53(82)36-88-50-17-9-7-8-15-46(57(50)76-69)74-61-48(79)25-23-42(33-77)91-61/h18-19,21-22,26-27,30,37,42-45,47-50,52,54-56,61,77,79-80H,6-17,20,23-25,28-29,31-36,67,69H2,1-5H3,(H,70,82)(H,72,84)(H,73,85)(H,75,83)(H3,68,71,86)/t42-,43-,44?,45+,47-,48+,49-,50?,52+,54?,55?,56-,61+,64-,65-,66+/m0/s1. The number of amides is 6. The van der Waals surface area contributed by atoms with Gasteiger partial charge in [-0.3, -0.25) is 33.8 Å². The first-order valence-electron chi connectivity index (χ1n) is 33.2. The number of carbonyl (C=O) groups excluding carboxylic acids is 8. The molecular weight excluding hydrogens is 1200 g/mol. The second-order valence-corrected chi connectivity index (χ2v) is 26.7. The molecule has 0 aromatic heterocycles. The minimum atomic E-state index is -1.49. The maximum atomic E-state index is 14.7. The number of aliphatic hydroxyl groups is 3. The van der Waals surface area contributed by atoms with E-state index < -0.39 is 126 Å². The number of anilines is 1. The SMILES string of the molecule is CCCC1O[C@@H]2CC3[C@@H]4CCC5=CC(=O)C=C[C@]5(C)C4[C@@H](O)C[C@]3(C)[C@]2(C(=O)COC(=O)OCc2ccc(NC(=O)[C@H](CCCNC(N)=O)NC(=O)[C@@H](NC(=O)[C@H](N)CCCCNC(=O)COC3CCCCCC(=N[C@@H]4O[C@H](CO)CC[C@H]4O)C3=NN)C(C)C)cc2)O1. The summed E-state index contributed by atoms with van der Waals surface area (Å²) in [6.07, 6.45) is 8.65. The van der Waals surface area contributed by atoms with Gasteiger partial charge in [0.25, 0.3) is 0 Å². The third-order valence-corrected chi connectivity index (χ3v) is 20.0. The number of hydrogen-bond donors (Lipinski definition) is 11. The largest absolute Gasteiger partial charge is 0.509 e. The van der Waals surface area contributed by atoms with Gasteiger partial charge in [-0.25, -0.2) is 9.59 Å². The van der Waals surface area contributed by atoms with E-state index in [1.54, 1.807) is 50.3 Å². The summed E-state index contributed by atoms with van der Waals surface area (Å²) in [7, 11) is 0. The van der Waals surface area contributed by atoms with Crippen LogP contribution in [0.1, 0.15) is 156 Å². The Bertz CT molecular complexity index is 2960. The Morgan fingerprint density at radius 2 is 1.61 bits per heavy atom. The number of aliphatic hydroxyl groups excluding tert-OH is 3. The molecule has 2 heterocycles. The highest BCUT2D eigenvalue weighted by atomic mass is 16.8. The number of allylic oxidation sites excluding steroid dienone is 4. The zero-order valence-corrected chi connectivity index (χ0v) is 54.3. The molecule has 6 amide bonds. The molecule has 2 saturated heterocycles. The molecule has 4 saturated carbocycles. The summed E-state index contributed by atoms with van der Waals surface area (Å²) in [5.41, 5.74) is 11.5. The first-order valence-corrected chi connectivity index (χ1v) is 33.2. The molecule has 1 aromatic carbocycles. The van der Waals surface area contributed by atoms with Gasteiger partial charge in [-0.1, -0.05) is 77.7 Å². The molecule has 5 aliphatic carbocycles. The van der Waals surface area contributed by atoms with Crippen LogP contribution in [0.15, 0.2) is 58.2 Å². The van der Waals surface area contributed by atoms with Crippen LogP contribution in [0.3, 0.4) is 0 Å². The topological polar surface area (TPSA) is 416 Å². The molecule has 14 N–H and O–H groups in total. The molecule has 0 spiro atoms. The van der Waals surface area contributed by atoms with Crippen LogP contribution < -0.4 is 43.9 Å². The van der Waals surface area contributed by atoms with Gasteiger partial charge in [0.05, 0.1) is 36.7 Å². The maximum Gasteiger partial charge on any atom is 0.509 e. The number of aliphatic imine (C=N–C) groups is 1. The Balaban J connectivity index is 0.784. The summed E-state index contributed by atoms with van der Waals surface area (Å²) in [6.45, 7) is 8.50. The van der Waals surface area contributed by atoms with Crippen molar-refractivity contribution in [2.75, 3.05) is 38.2 Å². The third kappa shape index (κ3) is 17.2. The predicted molar refractivity (Wildman–Crippen MR) is 340 cm³/mol.